The molecule has 110 valence electrons. The van der Waals surface area contributed by atoms with Gasteiger partial charge in [-0.25, -0.2) is 0 Å². The number of benzene rings is 1. The first-order chi connectivity index (χ1) is 10.1. The summed E-state index contributed by atoms with van der Waals surface area (Å²) in [6.07, 6.45) is 0. The summed E-state index contributed by atoms with van der Waals surface area (Å²) in [7, 11) is 3.74. The van der Waals surface area contributed by atoms with Crippen molar-refractivity contribution in [3.63, 3.8) is 0 Å². The summed E-state index contributed by atoms with van der Waals surface area (Å²) >= 11 is 6.01. The highest BCUT2D eigenvalue weighted by Crippen LogP contribution is 2.25. The zero-order valence-electron chi connectivity index (χ0n) is 12.0. The number of rotatable bonds is 2. The van der Waals surface area contributed by atoms with Gasteiger partial charge in [0.25, 0.3) is 0 Å². The van der Waals surface area contributed by atoms with Crippen molar-refractivity contribution in [1.29, 1.82) is 0 Å². The normalized spacial score (nSPS) is 14.1. The van der Waals surface area contributed by atoms with Crippen LogP contribution < -0.4 is 14.5 Å². The van der Waals surface area contributed by atoms with E-state index in [4.69, 9.17) is 16.3 Å². The highest BCUT2D eigenvalue weighted by atomic mass is 35.5. The first-order valence-electron chi connectivity index (χ1n) is 6.68. The maximum atomic E-state index is 6.01. The van der Waals surface area contributed by atoms with Gasteiger partial charge >= 0.3 is 0 Å². The van der Waals surface area contributed by atoms with E-state index in [1.165, 1.54) is 0 Å². The van der Waals surface area contributed by atoms with E-state index in [0.29, 0.717) is 31.6 Å². The van der Waals surface area contributed by atoms with Gasteiger partial charge in [0.15, 0.2) is 0 Å². The van der Waals surface area contributed by atoms with Crippen molar-refractivity contribution >= 4 is 23.5 Å². The number of nitrogens with zero attached hydrogens (tertiary/aromatic N) is 5. The number of halogens is 1. The Hall–Kier alpha value is -2.08. The second-order valence-corrected chi connectivity index (χ2v) is 5.31. The molecule has 0 saturated carbocycles. The maximum Gasteiger partial charge on any atom is 0.231 e. The van der Waals surface area contributed by atoms with Crippen molar-refractivity contribution in [3.05, 3.63) is 35.1 Å². The summed E-state index contributed by atoms with van der Waals surface area (Å²) in [6, 6.07) is 7.99. The van der Waals surface area contributed by atoms with Crippen LogP contribution in [0, 0.1) is 0 Å². The van der Waals surface area contributed by atoms with Gasteiger partial charge in [-0.15, -0.1) is 0 Å². The van der Waals surface area contributed by atoms with Crippen LogP contribution in [-0.2, 0) is 6.54 Å². The van der Waals surface area contributed by atoms with Gasteiger partial charge in [-0.1, -0.05) is 18.2 Å². The monoisotopic (exact) mass is 305 g/mol. The molecule has 0 N–H and O–H groups in total. The van der Waals surface area contributed by atoms with Crippen LogP contribution in [0.25, 0.3) is 0 Å². The van der Waals surface area contributed by atoms with Gasteiger partial charge in [0.2, 0.25) is 17.2 Å². The second-order valence-electron chi connectivity index (χ2n) is 4.98. The van der Waals surface area contributed by atoms with E-state index in [2.05, 4.69) is 15.0 Å². The molecule has 1 aromatic carbocycles. The Morgan fingerprint density at radius 3 is 2.81 bits per heavy atom. The molecule has 2 heterocycles. The van der Waals surface area contributed by atoms with Crippen LogP contribution in [-0.4, -0.2) is 42.2 Å². The van der Waals surface area contributed by atoms with Crippen molar-refractivity contribution in [2.24, 2.45) is 0 Å². The zero-order valence-corrected chi connectivity index (χ0v) is 12.7. The first-order valence-corrected chi connectivity index (χ1v) is 7.06. The molecule has 0 saturated heterocycles. The number of anilines is 2. The molecule has 6 nitrogen and oxygen atoms in total. The van der Waals surface area contributed by atoms with Crippen LogP contribution in [0.3, 0.4) is 0 Å². The number of ether oxygens (including phenoxy) is 1. The average Bonchev–Trinajstić information content (AvgIpc) is 2.68. The molecule has 1 aliphatic rings. The summed E-state index contributed by atoms with van der Waals surface area (Å²) in [5.41, 5.74) is 1.11. The summed E-state index contributed by atoms with van der Waals surface area (Å²) in [5, 5.41) is 0.196. The Labute approximate surface area is 128 Å². The zero-order chi connectivity index (χ0) is 14.8. The van der Waals surface area contributed by atoms with E-state index in [0.717, 1.165) is 11.3 Å². The molecule has 0 fully saturated rings. The highest BCUT2D eigenvalue weighted by molar-refractivity contribution is 6.28. The number of aromatic nitrogens is 3. The molecule has 3 rings (SSSR count). The fourth-order valence-corrected chi connectivity index (χ4v) is 2.32. The van der Waals surface area contributed by atoms with Crippen LogP contribution in [0.2, 0.25) is 5.28 Å². The molecule has 0 atom stereocenters. The predicted molar refractivity (Wildman–Crippen MR) is 82.2 cm³/mol. The maximum absolute atomic E-state index is 6.01. The van der Waals surface area contributed by atoms with Gasteiger partial charge < -0.3 is 14.5 Å². The molecule has 1 aromatic heterocycles. The third-order valence-corrected chi connectivity index (χ3v) is 3.39. The molecule has 0 radical (unpaired) electrons. The molecule has 2 aromatic rings. The van der Waals surface area contributed by atoms with Crippen molar-refractivity contribution in [2.75, 3.05) is 37.0 Å². The summed E-state index contributed by atoms with van der Waals surface area (Å²) in [4.78, 5) is 16.7. The van der Waals surface area contributed by atoms with Crippen molar-refractivity contribution in [2.45, 2.75) is 6.54 Å². The SMILES string of the molecule is CN(C)c1nc(Cl)nc(N2CCOc3ccccc3C2)n1. The van der Waals surface area contributed by atoms with E-state index >= 15 is 0 Å². The van der Waals surface area contributed by atoms with Crippen molar-refractivity contribution < 1.29 is 4.74 Å². The summed E-state index contributed by atoms with van der Waals surface area (Å²) < 4.78 is 5.75. The fraction of sp³-hybridized carbons (Fsp3) is 0.357. The minimum Gasteiger partial charge on any atom is -0.491 e. The standard InChI is InChI=1S/C14H16ClN5O/c1-19(2)13-16-12(15)17-14(18-13)20-7-8-21-11-6-4-3-5-10(11)9-20/h3-6H,7-9H2,1-2H3. The molecule has 0 spiro atoms. The molecule has 0 bridgehead atoms. The van der Waals surface area contributed by atoms with Crippen LogP contribution in [0.1, 0.15) is 5.56 Å². The van der Waals surface area contributed by atoms with Crippen molar-refractivity contribution in [1.82, 2.24) is 15.0 Å². The van der Waals surface area contributed by atoms with E-state index in [1.807, 2.05) is 43.3 Å². The van der Waals surface area contributed by atoms with Gasteiger partial charge in [-0.3, -0.25) is 0 Å². The third kappa shape index (κ3) is 3.00. The Morgan fingerprint density at radius 2 is 2.00 bits per heavy atom. The molecule has 1 aliphatic heterocycles. The smallest absolute Gasteiger partial charge is 0.231 e. The van der Waals surface area contributed by atoms with Crippen LogP contribution in [0.5, 0.6) is 5.75 Å². The summed E-state index contributed by atoms with van der Waals surface area (Å²) in [6.45, 7) is 1.96. The largest absolute Gasteiger partial charge is 0.491 e. The van der Waals surface area contributed by atoms with Crippen LogP contribution in [0.15, 0.2) is 24.3 Å². The number of hydrogen-bond donors (Lipinski definition) is 0. The van der Waals surface area contributed by atoms with Gasteiger partial charge in [-0.2, -0.15) is 15.0 Å². The lowest BCUT2D eigenvalue weighted by Gasteiger charge is -2.21. The third-order valence-electron chi connectivity index (χ3n) is 3.22. The first kappa shape index (κ1) is 13.9. The van der Waals surface area contributed by atoms with Gasteiger partial charge in [0.05, 0.1) is 6.54 Å². The lowest BCUT2D eigenvalue weighted by atomic mass is 10.2. The minimum atomic E-state index is 0.196. The van der Waals surface area contributed by atoms with E-state index < -0.39 is 0 Å². The lowest BCUT2D eigenvalue weighted by molar-refractivity contribution is 0.331. The topological polar surface area (TPSA) is 54.4 Å². The highest BCUT2D eigenvalue weighted by Gasteiger charge is 2.19. The molecular weight excluding hydrogens is 290 g/mol. The molecule has 21 heavy (non-hydrogen) atoms. The van der Waals surface area contributed by atoms with E-state index in [9.17, 15) is 0 Å². The molecule has 0 unspecified atom stereocenters. The van der Waals surface area contributed by atoms with Crippen LogP contribution >= 0.6 is 11.6 Å². The van der Waals surface area contributed by atoms with Gasteiger partial charge in [0, 0.05) is 26.2 Å². The molecule has 0 aliphatic carbocycles. The van der Waals surface area contributed by atoms with E-state index in [-0.39, 0.29) is 5.28 Å². The summed E-state index contributed by atoms with van der Waals surface area (Å²) in [5.74, 6) is 2.02. The van der Waals surface area contributed by atoms with Gasteiger partial charge in [-0.05, 0) is 17.7 Å². The average molecular weight is 306 g/mol. The number of fused-ring (bicyclic) bond motifs is 1. The van der Waals surface area contributed by atoms with Crippen molar-refractivity contribution in [3.8, 4) is 5.75 Å². The Morgan fingerprint density at radius 1 is 1.19 bits per heavy atom. The van der Waals surface area contributed by atoms with Gasteiger partial charge in [0.1, 0.15) is 12.4 Å². The molecular formula is C14H16ClN5O. The number of para-hydroxylation sites is 1. The quantitative estimate of drug-likeness (QED) is 0.846. The fourth-order valence-electron chi connectivity index (χ4n) is 2.17. The minimum absolute atomic E-state index is 0.196. The second kappa shape index (κ2) is 5.73. The Bertz CT molecular complexity index is 649. The van der Waals surface area contributed by atoms with E-state index in [1.54, 1.807) is 4.90 Å². The lowest BCUT2D eigenvalue weighted by Crippen LogP contribution is -2.28. The Balaban J connectivity index is 1.94. The van der Waals surface area contributed by atoms with Crippen LogP contribution in [0.4, 0.5) is 11.9 Å². The number of hydrogen-bond acceptors (Lipinski definition) is 6. The predicted octanol–water partition coefficient (Wildman–Crippen LogP) is 1.99. The molecule has 0 amide bonds. The molecule has 7 heteroatoms. The Kier molecular flexibility index (Phi) is 3.79.